The predicted octanol–water partition coefficient (Wildman–Crippen LogP) is 6.01. The lowest BCUT2D eigenvalue weighted by Crippen LogP contribution is -2.40. The van der Waals surface area contributed by atoms with Crippen molar-refractivity contribution in [2.45, 2.75) is 69.4 Å². The minimum Gasteiger partial charge on any atom is -0.490 e. The molecule has 3 atom stereocenters. The third-order valence-electron chi connectivity index (χ3n) is 8.48. The number of likely N-dealkylation sites (tertiary alicyclic amines) is 1. The number of anilines is 2. The maximum atomic E-state index is 14.9. The Kier molecular flexibility index (Phi) is 10.1. The lowest BCUT2D eigenvalue weighted by atomic mass is 9.93. The van der Waals surface area contributed by atoms with Gasteiger partial charge in [0.1, 0.15) is 11.9 Å². The lowest BCUT2D eigenvalue weighted by Gasteiger charge is -2.33. The molecular weight excluding hydrogens is 632 g/mol. The third kappa shape index (κ3) is 6.89. The molecule has 12 heteroatoms. The smallest absolute Gasteiger partial charge is 0.309 e. The number of ether oxygens (including phenoxy) is 2. The molecule has 254 valence electrons. The fourth-order valence-electron chi connectivity index (χ4n) is 6.16. The number of carbonyl (C=O) groups excluding carboxylic acids is 1. The molecule has 1 amide bonds. The SMILES string of the molecule is CCOc1cc([C@H](Nc2ccc3c(N)nccc3c2)C(=O)N2CC[C@H](C(=O)O)[C@@H]2c2ccccc2S(=O)(=O)C(C)C)ccc1OC(C)C. The summed E-state index contributed by atoms with van der Waals surface area (Å²) in [4.78, 5) is 33.2. The molecule has 48 heavy (non-hydrogen) atoms. The molecular formula is C36H42N4O7S. The zero-order valence-electron chi connectivity index (χ0n) is 27.7. The van der Waals surface area contributed by atoms with E-state index in [9.17, 15) is 23.1 Å². The average Bonchev–Trinajstić information content (AvgIpc) is 3.50. The summed E-state index contributed by atoms with van der Waals surface area (Å²) in [6.45, 7) is 9.29. The van der Waals surface area contributed by atoms with Gasteiger partial charge in [-0.15, -0.1) is 0 Å². The van der Waals surface area contributed by atoms with Crippen LogP contribution in [0, 0.1) is 5.92 Å². The number of aromatic nitrogens is 1. The zero-order valence-corrected chi connectivity index (χ0v) is 28.5. The van der Waals surface area contributed by atoms with Gasteiger partial charge in [-0.1, -0.05) is 24.3 Å². The molecule has 4 aromatic rings. The van der Waals surface area contributed by atoms with E-state index in [2.05, 4.69) is 10.3 Å². The van der Waals surface area contributed by atoms with Crippen LogP contribution in [-0.2, 0) is 19.4 Å². The number of carboxylic acid groups (broad SMARTS) is 1. The van der Waals surface area contributed by atoms with Crippen LogP contribution in [0.2, 0.25) is 0 Å². The molecule has 1 fully saturated rings. The lowest BCUT2D eigenvalue weighted by molar-refractivity contribution is -0.143. The Hall–Kier alpha value is -4.84. The van der Waals surface area contributed by atoms with Crippen molar-refractivity contribution in [3.05, 3.63) is 84.1 Å². The highest BCUT2D eigenvalue weighted by Gasteiger charge is 2.46. The van der Waals surface area contributed by atoms with Gasteiger partial charge in [0.25, 0.3) is 0 Å². The molecule has 1 aliphatic rings. The zero-order chi connectivity index (χ0) is 34.7. The molecule has 1 aliphatic heterocycles. The molecule has 11 nitrogen and oxygen atoms in total. The van der Waals surface area contributed by atoms with Gasteiger partial charge in [0.15, 0.2) is 21.3 Å². The van der Waals surface area contributed by atoms with Crippen molar-refractivity contribution in [1.29, 1.82) is 0 Å². The number of amides is 1. The molecule has 1 aromatic heterocycles. The van der Waals surface area contributed by atoms with E-state index in [1.165, 1.54) is 11.0 Å². The number of nitrogens with one attached hydrogen (secondary N) is 1. The number of nitrogen functional groups attached to an aromatic ring is 1. The monoisotopic (exact) mass is 674 g/mol. The molecule has 1 saturated heterocycles. The van der Waals surface area contributed by atoms with Crippen molar-refractivity contribution >= 4 is 44.0 Å². The fraction of sp³-hybridized carbons (Fsp3) is 0.361. The predicted molar refractivity (Wildman–Crippen MR) is 185 cm³/mol. The summed E-state index contributed by atoms with van der Waals surface area (Å²) >= 11 is 0. The van der Waals surface area contributed by atoms with Crippen molar-refractivity contribution in [2.75, 3.05) is 24.2 Å². The Morgan fingerprint density at radius 2 is 1.79 bits per heavy atom. The fourth-order valence-corrected chi connectivity index (χ4v) is 7.45. The van der Waals surface area contributed by atoms with Crippen LogP contribution in [0.3, 0.4) is 0 Å². The standard InChI is InChI=1S/C36H42N4O7S/c1-6-46-30-20-24(11-14-29(30)47-21(2)3)32(39-25-12-13-26-23(19-25)15-17-38-34(26)37)35(41)40-18-16-28(36(42)43)33(40)27-9-7-8-10-31(27)48(44,45)22(4)5/h7-15,17,19-22,28,32-33,39H,6,16,18H2,1-5H3,(H2,37,38)(H,42,43)/t28-,32-,33-/m0/s1. The topological polar surface area (TPSA) is 161 Å². The summed E-state index contributed by atoms with van der Waals surface area (Å²) in [6, 6.07) is 16.9. The number of rotatable bonds is 12. The Morgan fingerprint density at radius 1 is 1.04 bits per heavy atom. The molecule has 3 aromatic carbocycles. The van der Waals surface area contributed by atoms with Crippen LogP contribution in [-0.4, -0.2) is 59.8 Å². The first kappa shape index (κ1) is 34.5. The second-order valence-corrected chi connectivity index (χ2v) is 14.8. The minimum atomic E-state index is -3.81. The Labute approximate surface area is 281 Å². The highest BCUT2D eigenvalue weighted by molar-refractivity contribution is 7.92. The number of nitrogens with two attached hydrogens (primary N) is 1. The van der Waals surface area contributed by atoms with E-state index >= 15 is 0 Å². The number of carboxylic acids is 1. The summed E-state index contributed by atoms with van der Waals surface area (Å²) < 4.78 is 38.9. The molecule has 0 unspecified atom stereocenters. The van der Waals surface area contributed by atoms with E-state index in [1.54, 1.807) is 62.5 Å². The summed E-state index contributed by atoms with van der Waals surface area (Å²) in [5.41, 5.74) is 7.53. The molecule has 0 saturated carbocycles. The van der Waals surface area contributed by atoms with Crippen LogP contribution in [0.15, 0.2) is 77.8 Å². The number of hydrogen-bond donors (Lipinski definition) is 3. The van der Waals surface area contributed by atoms with Gasteiger partial charge >= 0.3 is 5.97 Å². The van der Waals surface area contributed by atoms with Gasteiger partial charge in [-0.3, -0.25) is 9.59 Å². The Morgan fingerprint density at radius 3 is 2.48 bits per heavy atom. The number of carbonyl (C=O) groups is 2. The van der Waals surface area contributed by atoms with E-state index in [0.717, 1.165) is 10.8 Å². The van der Waals surface area contributed by atoms with Crippen LogP contribution in [0.25, 0.3) is 10.8 Å². The van der Waals surface area contributed by atoms with Crippen LogP contribution in [0.4, 0.5) is 11.5 Å². The van der Waals surface area contributed by atoms with Crippen molar-refractivity contribution in [3.63, 3.8) is 0 Å². The molecule has 5 rings (SSSR count). The molecule has 0 radical (unpaired) electrons. The van der Waals surface area contributed by atoms with E-state index < -0.39 is 45.0 Å². The second kappa shape index (κ2) is 14.1. The highest BCUT2D eigenvalue weighted by Crippen LogP contribution is 2.43. The second-order valence-electron chi connectivity index (χ2n) is 12.4. The number of hydrogen-bond acceptors (Lipinski definition) is 9. The van der Waals surface area contributed by atoms with Crippen molar-refractivity contribution in [2.24, 2.45) is 5.92 Å². The van der Waals surface area contributed by atoms with Crippen molar-refractivity contribution in [1.82, 2.24) is 9.88 Å². The molecule has 0 aliphatic carbocycles. The van der Waals surface area contributed by atoms with Crippen LogP contribution < -0.4 is 20.5 Å². The molecule has 0 spiro atoms. The number of nitrogens with zero attached hydrogens (tertiary/aromatic N) is 2. The summed E-state index contributed by atoms with van der Waals surface area (Å²) in [5.74, 6) is -1.19. The normalized spacial score (nSPS) is 17.1. The molecule has 2 heterocycles. The maximum Gasteiger partial charge on any atom is 0.309 e. The van der Waals surface area contributed by atoms with Gasteiger partial charge < -0.3 is 30.5 Å². The van der Waals surface area contributed by atoms with Gasteiger partial charge in [-0.05, 0) is 100 Å². The van der Waals surface area contributed by atoms with E-state index in [-0.39, 0.29) is 29.5 Å². The first-order valence-corrected chi connectivity index (χ1v) is 17.6. The van der Waals surface area contributed by atoms with E-state index in [1.807, 2.05) is 39.0 Å². The number of pyridine rings is 1. The number of fused-ring (bicyclic) bond motifs is 1. The Bertz CT molecular complexity index is 1930. The van der Waals surface area contributed by atoms with E-state index in [4.69, 9.17) is 15.2 Å². The van der Waals surface area contributed by atoms with E-state index in [0.29, 0.717) is 35.2 Å². The van der Waals surface area contributed by atoms with Gasteiger partial charge in [0.2, 0.25) is 5.91 Å². The van der Waals surface area contributed by atoms with Gasteiger partial charge in [0, 0.05) is 23.8 Å². The average molecular weight is 675 g/mol. The minimum absolute atomic E-state index is 0.0232. The van der Waals surface area contributed by atoms with Gasteiger partial charge in [-0.25, -0.2) is 13.4 Å². The van der Waals surface area contributed by atoms with Gasteiger partial charge in [-0.2, -0.15) is 0 Å². The van der Waals surface area contributed by atoms with Crippen LogP contribution in [0.5, 0.6) is 11.5 Å². The maximum absolute atomic E-state index is 14.9. The van der Waals surface area contributed by atoms with Crippen molar-refractivity contribution in [3.8, 4) is 11.5 Å². The number of benzene rings is 3. The Balaban J connectivity index is 1.64. The van der Waals surface area contributed by atoms with Crippen LogP contribution >= 0.6 is 0 Å². The third-order valence-corrected chi connectivity index (χ3v) is 10.7. The van der Waals surface area contributed by atoms with Crippen LogP contribution in [0.1, 0.15) is 64.3 Å². The first-order valence-electron chi connectivity index (χ1n) is 16.0. The van der Waals surface area contributed by atoms with Crippen molar-refractivity contribution < 1.29 is 32.6 Å². The summed E-state index contributed by atoms with van der Waals surface area (Å²) in [5, 5.41) is 14.5. The summed E-state index contributed by atoms with van der Waals surface area (Å²) in [7, 11) is -3.81. The first-order chi connectivity index (χ1) is 22.8. The number of sulfone groups is 1. The number of aliphatic carboxylic acids is 1. The summed E-state index contributed by atoms with van der Waals surface area (Å²) in [6.07, 6.45) is 1.64. The quantitative estimate of drug-likeness (QED) is 0.162. The largest absolute Gasteiger partial charge is 0.490 e. The van der Waals surface area contributed by atoms with Gasteiger partial charge in [0.05, 0.1) is 34.8 Å². The molecule has 4 N–H and O–H groups in total. The molecule has 0 bridgehead atoms. The highest BCUT2D eigenvalue weighted by atomic mass is 32.2.